The number of aromatic carboxylic acids is 1. The molecule has 5 heteroatoms. The molecule has 0 radical (unpaired) electrons. The molecule has 0 amide bonds. The van der Waals surface area contributed by atoms with E-state index < -0.39 is 11.8 Å². The number of ether oxygens (including phenoxy) is 1. The second kappa shape index (κ2) is 7.27. The number of carboxylic acid groups (broad SMARTS) is 1. The molecule has 24 heavy (non-hydrogen) atoms. The second-order valence-electron chi connectivity index (χ2n) is 5.59. The predicted octanol–water partition coefficient (Wildman–Crippen LogP) is 4.09. The summed E-state index contributed by atoms with van der Waals surface area (Å²) >= 11 is 0. The molecular weight excluding hydrogens is 309 g/mol. The number of carboxylic acids is 1. The monoisotopic (exact) mass is 327 g/mol. The molecule has 1 N–H and O–H groups in total. The van der Waals surface area contributed by atoms with Crippen molar-refractivity contribution in [1.29, 1.82) is 0 Å². The van der Waals surface area contributed by atoms with Crippen molar-refractivity contribution < 1.29 is 19.0 Å². The number of benzene rings is 2. The largest absolute Gasteiger partial charge is 0.478 e. The smallest absolute Gasteiger partial charge is 0.337 e. The van der Waals surface area contributed by atoms with Gasteiger partial charge in [-0.15, -0.1) is 0 Å². The zero-order chi connectivity index (χ0) is 16.9. The van der Waals surface area contributed by atoms with Gasteiger partial charge in [0.15, 0.2) is 0 Å². The lowest BCUT2D eigenvalue weighted by atomic mass is 10.2. The molecule has 0 fully saturated rings. The highest BCUT2D eigenvalue weighted by Gasteiger charge is 2.14. The van der Waals surface area contributed by atoms with Crippen LogP contribution < -0.4 is 0 Å². The third-order valence-corrected chi connectivity index (χ3v) is 3.87. The zero-order valence-corrected chi connectivity index (χ0v) is 13.1. The van der Waals surface area contributed by atoms with Crippen molar-refractivity contribution in [1.82, 2.24) is 4.57 Å². The summed E-state index contributed by atoms with van der Waals surface area (Å²) in [7, 11) is 0. The van der Waals surface area contributed by atoms with Crippen LogP contribution in [0.5, 0.6) is 0 Å². The van der Waals surface area contributed by atoms with Gasteiger partial charge in [-0.2, -0.15) is 0 Å². The van der Waals surface area contributed by atoms with Crippen molar-refractivity contribution in [2.45, 2.75) is 19.6 Å². The minimum atomic E-state index is -1.05. The second-order valence-corrected chi connectivity index (χ2v) is 5.59. The Morgan fingerprint density at radius 1 is 1.17 bits per heavy atom. The van der Waals surface area contributed by atoms with Gasteiger partial charge in [0.1, 0.15) is 5.82 Å². The number of hydrogen-bond acceptors (Lipinski definition) is 2. The first-order chi connectivity index (χ1) is 11.6. The van der Waals surface area contributed by atoms with Gasteiger partial charge >= 0.3 is 5.97 Å². The van der Waals surface area contributed by atoms with E-state index in [0.717, 1.165) is 17.5 Å². The first kappa shape index (κ1) is 16.2. The van der Waals surface area contributed by atoms with Gasteiger partial charge in [0, 0.05) is 30.3 Å². The fraction of sp³-hybridized carbons (Fsp3) is 0.211. The van der Waals surface area contributed by atoms with Crippen LogP contribution >= 0.6 is 0 Å². The van der Waals surface area contributed by atoms with E-state index in [4.69, 9.17) is 4.74 Å². The fourth-order valence-electron chi connectivity index (χ4n) is 2.73. The standard InChI is InChI=1S/C19H18FNO3/c20-15-7-8-18-16(11-15)17(19(22)23)12-21(18)9-4-10-24-13-14-5-2-1-3-6-14/h1-3,5-8,11-12H,4,9-10,13H2,(H,22,23). The molecule has 0 aliphatic rings. The van der Waals surface area contributed by atoms with Crippen LogP contribution in [0.4, 0.5) is 4.39 Å². The Hall–Kier alpha value is -2.66. The van der Waals surface area contributed by atoms with Crippen molar-refractivity contribution in [2.75, 3.05) is 6.61 Å². The normalized spacial score (nSPS) is 11.0. The number of fused-ring (bicyclic) bond motifs is 1. The van der Waals surface area contributed by atoms with E-state index >= 15 is 0 Å². The van der Waals surface area contributed by atoms with E-state index in [1.54, 1.807) is 12.3 Å². The summed E-state index contributed by atoms with van der Waals surface area (Å²) in [5, 5.41) is 9.69. The topological polar surface area (TPSA) is 51.5 Å². The quantitative estimate of drug-likeness (QED) is 0.665. The maximum atomic E-state index is 13.4. The van der Waals surface area contributed by atoms with E-state index in [0.29, 0.717) is 25.1 Å². The van der Waals surface area contributed by atoms with Crippen molar-refractivity contribution in [3.05, 3.63) is 71.7 Å². The van der Waals surface area contributed by atoms with Gasteiger partial charge in [-0.25, -0.2) is 9.18 Å². The SMILES string of the molecule is O=C(O)c1cn(CCCOCc2ccccc2)c2ccc(F)cc12. The van der Waals surface area contributed by atoms with Crippen molar-refractivity contribution in [3.63, 3.8) is 0 Å². The third kappa shape index (κ3) is 3.63. The number of carbonyl (C=O) groups is 1. The summed E-state index contributed by atoms with van der Waals surface area (Å²) < 4.78 is 20.9. The summed E-state index contributed by atoms with van der Waals surface area (Å²) in [5.41, 5.74) is 1.96. The first-order valence-corrected chi connectivity index (χ1v) is 7.78. The number of nitrogens with zero attached hydrogens (tertiary/aromatic N) is 1. The lowest BCUT2D eigenvalue weighted by molar-refractivity contribution is 0.0698. The molecule has 0 atom stereocenters. The molecule has 0 spiro atoms. The van der Waals surface area contributed by atoms with E-state index in [1.165, 1.54) is 12.1 Å². The summed E-state index contributed by atoms with van der Waals surface area (Å²) in [4.78, 5) is 11.3. The highest BCUT2D eigenvalue weighted by molar-refractivity contribution is 6.03. The molecule has 0 saturated heterocycles. The summed E-state index contributed by atoms with van der Waals surface area (Å²) in [6.07, 6.45) is 2.30. The van der Waals surface area contributed by atoms with E-state index in [2.05, 4.69) is 0 Å². The van der Waals surface area contributed by atoms with Crippen LogP contribution in [-0.4, -0.2) is 22.2 Å². The molecule has 0 bridgehead atoms. The van der Waals surface area contributed by atoms with Crippen LogP contribution in [0.15, 0.2) is 54.7 Å². The van der Waals surface area contributed by atoms with Crippen LogP contribution in [-0.2, 0) is 17.9 Å². The maximum Gasteiger partial charge on any atom is 0.337 e. The zero-order valence-electron chi connectivity index (χ0n) is 13.1. The number of aryl methyl sites for hydroxylation is 1. The molecule has 1 aromatic heterocycles. The fourth-order valence-corrected chi connectivity index (χ4v) is 2.73. The summed E-state index contributed by atoms with van der Waals surface area (Å²) in [6, 6.07) is 14.1. The number of hydrogen-bond donors (Lipinski definition) is 1. The molecule has 2 aromatic carbocycles. The van der Waals surface area contributed by atoms with Crippen molar-refractivity contribution in [2.24, 2.45) is 0 Å². The molecule has 0 saturated carbocycles. The Labute approximate surface area is 139 Å². The highest BCUT2D eigenvalue weighted by atomic mass is 19.1. The first-order valence-electron chi connectivity index (χ1n) is 7.78. The van der Waals surface area contributed by atoms with Gasteiger partial charge in [0.2, 0.25) is 0 Å². The van der Waals surface area contributed by atoms with E-state index in [-0.39, 0.29) is 5.56 Å². The van der Waals surface area contributed by atoms with Gasteiger partial charge < -0.3 is 14.4 Å². The summed E-state index contributed by atoms with van der Waals surface area (Å²) in [6.45, 7) is 1.74. The lowest BCUT2D eigenvalue weighted by Crippen LogP contribution is -2.02. The molecule has 3 aromatic rings. The molecular formula is C19H18FNO3. The number of aromatic nitrogens is 1. The molecule has 1 heterocycles. The van der Waals surface area contributed by atoms with Gasteiger partial charge in [-0.3, -0.25) is 0 Å². The Morgan fingerprint density at radius 3 is 2.71 bits per heavy atom. The van der Waals surface area contributed by atoms with Crippen LogP contribution in [0.3, 0.4) is 0 Å². The third-order valence-electron chi connectivity index (χ3n) is 3.87. The Bertz CT molecular complexity index is 842. The summed E-state index contributed by atoms with van der Waals surface area (Å²) in [5.74, 6) is -1.49. The van der Waals surface area contributed by atoms with Crippen LogP contribution in [0.2, 0.25) is 0 Å². The Balaban J connectivity index is 1.62. The molecule has 124 valence electrons. The molecule has 0 aliphatic carbocycles. The average molecular weight is 327 g/mol. The van der Waals surface area contributed by atoms with Gasteiger partial charge in [-0.05, 0) is 30.2 Å². The minimum absolute atomic E-state index is 0.120. The van der Waals surface area contributed by atoms with Crippen molar-refractivity contribution in [3.8, 4) is 0 Å². The number of rotatable bonds is 7. The lowest BCUT2D eigenvalue weighted by Gasteiger charge is -2.07. The van der Waals surface area contributed by atoms with E-state index in [9.17, 15) is 14.3 Å². The van der Waals surface area contributed by atoms with Crippen LogP contribution in [0, 0.1) is 5.82 Å². The molecule has 3 rings (SSSR count). The van der Waals surface area contributed by atoms with Crippen molar-refractivity contribution >= 4 is 16.9 Å². The molecule has 0 aliphatic heterocycles. The Morgan fingerprint density at radius 2 is 1.96 bits per heavy atom. The predicted molar refractivity (Wildman–Crippen MR) is 89.6 cm³/mol. The van der Waals surface area contributed by atoms with Gasteiger partial charge in [0.25, 0.3) is 0 Å². The molecule has 4 nitrogen and oxygen atoms in total. The minimum Gasteiger partial charge on any atom is -0.478 e. The van der Waals surface area contributed by atoms with Gasteiger partial charge in [-0.1, -0.05) is 30.3 Å². The Kier molecular flexibility index (Phi) is 4.91. The van der Waals surface area contributed by atoms with Crippen LogP contribution in [0.1, 0.15) is 22.3 Å². The van der Waals surface area contributed by atoms with E-state index in [1.807, 2.05) is 34.9 Å². The average Bonchev–Trinajstić information content (AvgIpc) is 2.93. The highest BCUT2D eigenvalue weighted by Crippen LogP contribution is 2.23. The maximum absolute atomic E-state index is 13.4. The number of halogens is 1. The molecule has 0 unspecified atom stereocenters. The van der Waals surface area contributed by atoms with Crippen LogP contribution in [0.25, 0.3) is 10.9 Å². The van der Waals surface area contributed by atoms with Gasteiger partial charge in [0.05, 0.1) is 12.2 Å².